The lowest BCUT2D eigenvalue weighted by atomic mass is 10.2. The van der Waals surface area contributed by atoms with Gasteiger partial charge in [-0.1, -0.05) is 53.5 Å². The smallest absolute Gasteiger partial charge is 0.254 e. The number of Topliss-reactive ketones (excluding diaryl/α,β-unsaturated/α-hetero) is 1. The standard InChI is InChI=1S/C21H20Cl2N2O3S/c22-17-10-16(11-18(23)12-17)21(28)25-8-6-24(7-9-25)20(27)14-29-13-19(26)15-4-2-1-3-5-15/h1-5,10-12H,6-9,13-14H2. The Morgan fingerprint density at radius 3 is 2.00 bits per heavy atom. The Kier molecular flexibility index (Phi) is 7.58. The molecule has 1 fully saturated rings. The third-order valence-electron chi connectivity index (χ3n) is 4.58. The Morgan fingerprint density at radius 2 is 1.38 bits per heavy atom. The topological polar surface area (TPSA) is 57.7 Å². The number of amides is 2. The molecule has 0 aliphatic carbocycles. The fourth-order valence-electron chi connectivity index (χ4n) is 3.05. The summed E-state index contributed by atoms with van der Waals surface area (Å²) in [6, 6.07) is 13.8. The van der Waals surface area contributed by atoms with E-state index < -0.39 is 0 Å². The van der Waals surface area contributed by atoms with Crippen LogP contribution in [0, 0.1) is 0 Å². The summed E-state index contributed by atoms with van der Waals surface area (Å²) in [6.07, 6.45) is 0. The van der Waals surface area contributed by atoms with Crippen molar-refractivity contribution in [2.24, 2.45) is 0 Å². The summed E-state index contributed by atoms with van der Waals surface area (Å²) >= 11 is 13.3. The minimum atomic E-state index is -0.149. The van der Waals surface area contributed by atoms with Crippen LogP contribution < -0.4 is 0 Å². The van der Waals surface area contributed by atoms with Crippen LogP contribution in [-0.4, -0.2) is 65.1 Å². The van der Waals surface area contributed by atoms with Crippen LogP contribution in [0.3, 0.4) is 0 Å². The highest BCUT2D eigenvalue weighted by Crippen LogP contribution is 2.21. The van der Waals surface area contributed by atoms with E-state index in [1.54, 1.807) is 40.1 Å². The average Bonchev–Trinajstić information content (AvgIpc) is 2.73. The van der Waals surface area contributed by atoms with Crippen molar-refractivity contribution >= 4 is 52.6 Å². The summed E-state index contributed by atoms with van der Waals surface area (Å²) in [5.74, 6) is 0.359. The van der Waals surface area contributed by atoms with Gasteiger partial charge in [0.25, 0.3) is 5.91 Å². The van der Waals surface area contributed by atoms with Gasteiger partial charge in [-0.3, -0.25) is 14.4 Å². The predicted molar refractivity (Wildman–Crippen MR) is 117 cm³/mol. The molecule has 2 amide bonds. The van der Waals surface area contributed by atoms with Crippen molar-refractivity contribution in [1.82, 2.24) is 9.80 Å². The van der Waals surface area contributed by atoms with Gasteiger partial charge in [-0.15, -0.1) is 11.8 Å². The molecule has 0 spiro atoms. The first kappa shape index (κ1) is 21.7. The zero-order valence-electron chi connectivity index (χ0n) is 15.6. The van der Waals surface area contributed by atoms with Crippen molar-refractivity contribution in [1.29, 1.82) is 0 Å². The van der Waals surface area contributed by atoms with E-state index in [2.05, 4.69) is 0 Å². The van der Waals surface area contributed by atoms with Crippen LogP contribution in [0.1, 0.15) is 20.7 Å². The van der Waals surface area contributed by atoms with Crippen molar-refractivity contribution in [2.75, 3.05) is 37.7 Å². The van der Waals surface area contributed by atoms with Crippen LogP contribution in [0.5, 0.6) is 0 Å². The monoisotopic (exact) mass is 450 g/mol. The Labute approximate surface area is 184 Å². The predicted octanol–water partition coefficient (Wildman–Crippen LogP) is 3.89. The fourth-order valence-corrected chi connectivity index (χ4v) is 4.39. The number of piperazine rings is 1. The van der Waals surface area contributed by atoms with E-state index in [0.717, 1.165) is 0 Å². The van der Waals surface area contributed by atoms with Gasteiger partial charge < -0.3 is 9.80 Å². The third-order valence-corrected chi connectivity index (χ3v) is 5.94. The highest BCUT2D eigenvalue weighted by atomic mass is 35.5. The molecule has 0 bridgehead atoms. The van der Waals surface area contributed by atoms with E-state index in [-0.39, 0.29) is 29.1 Å². The van der Waals surface area contributed by atoms with E-state index in [1.807, 2.05) is 18.2 Å². The molecule has 0 aromatic heterocycles. The largest absolute Gasteiger partial charge is 0.338 e. The minimum absolute atomic E-state index is 0.0130. The van der Waals surface area contributed by atoms with Crippen LogP contribution in [0.4, 0.5) is 0 Å². The summed E-state index contributed by atoms with van der Waals surface area (Å²) in [7, 11) is 0. The first-order valence-electron chi connectivity index (χ1n) is 9.13. The molecule has 2 aromatic carbocycles. The van der Waals surface area contributed by atoms with Gasteiger partial charge in [0, 0.05) is 47.4 Å². The number of nitrogens with zero attached hydrogens (tertiary/aromatic N) is 2. The number of hydrogen-bond acceptors (Lipinski definition) is 4. The summed E-state index contributed by atoms with van der Waals surface area (Å²) in [6.45, 7) is 1.82. The maximum absolute atomic E-state index is 12.6. The Balaban J connectivity index is 1.44. The Hall–Kier alpha value is -2.02. The number of ketones is 1. The van der Waals surface area contributed by atoms with E-state index in [0.29, 0.717) is 47.4 Å². The Bertz CT molecular complexity index is 880. The lowest BCUT2D eigenvalue weighted by molar-refractivity contribution is -0.129. The molecule has 152 valence electrons. The molecule has 1 aliphatic rings. The first-order valence-corrected chi connectivity index (χ1v) is 11.0. The van der Waals surface area contributed by atoms with E-state index >= 15 is 0 Å². The van der Waals surface area contributed by atoms with Crippen molar-refractivity contribution in [3.05, 3.63) is 69.7 Å². The van der Waals surface area contributed by atoms with Gasteiger partial charge in [-0.05, 0) is 18.2 Å². The van der Waals surface area contributed by atoms with Gasteiger partial charge in [0.2, 0.25) is 5.91 Å². The maximum atomic E-state index is 12.6. The quantitative estimate of drug-likeness (QED) is 0.626. The summed E-state index contributed by atoms with van der Waals surface area (Å²) in [5.41, 5.74) is 1.10. The molecular weight excluding hydrogens is 431 g/mol. The number of rotatable bonds is 6. The Morgan fingerprint density at radius 1 is 0.793 bits per heavy atom. The van der Waals surface area contributed by atoms with Gasteiger partial charge in [0.1, 0.15) is 0 Å². The molecule has 0 unspecified atom stereocenters. The van der Waals surface area contributed by atoms with Crippen LogP contribution in [0.2, 0.25) is 10.0 Å². The molecule has 0 radical (unpaired) electrons. The molecule has 0 atom stereocenters. The second kappa shape index (κ2) is 10.1. The van der Waals surface area contributed by atoms with Crippen LogP contribution in [0.15, 0.2) is 48.5 Å². The molecule has 1 saturated heterocycles. The summed E-state index contributed by atoms with van der Waals surface area (Å²) in [4.78, 5) is 40.6. The average molecular weight is 451 g/mol. The second-order valence-electron chi connectivity index (χ2n) is 6.61. The fraction of sp³-hybridized carbons (Fsp3) is 0.286. The van der Waals surface area contributed by atoms with E-state index in [4.69, 9.17) is 23.2 Å². The zero-order valence-corrected chi connectivity index (χ0v) is 18.0. The molecule has 2 aromatic rings. The van der Waals surface area contributed by atoms with Gasteiger partial charge in [-0.2, -0.15) is 0 Å². The number of benzene rings is 2. The minimum Gasteiger partial charge on any atom is -0.338 e. The van der Waals surface area contributed by atoms with Gasteiger partial charge in [0.05, 0.1) is 11.5 Å². The normalized spacial score (nSPS) is 14.0. The van der Waals surface area contributed by atoms with Crippen LogP contribution in [-0.2, 0) is 4.79 Å². The zero-order chi connectivity index (χ0) is 20.8. The molecule has 3 rings (SSSR count). The van der Waals surface area contributed by atoms with Crippen LogP contribution in [0.25, 0.3) is 0 Å². The summed E-state index contributed by atoms with van der Waals surface area (Å²) in [5, 5.41) is 0.827. The van der Waals surface area contributed by atoms with Crippen molar-refractivity contribution < 1.29 is 14.4 Å². The van der Waals surface area contributed by atoms with Crippen molar-refractivity contribution in [3.63, 3.8) is 0 Å². The molecule has 5 nitrogen and oxygen atoms in total. The van der Waals surface area contributed by atoms with E-state index in [1.165, 1.54) is 11.8 Å². The number of halogens is 2. The highest BCUT2D eigenvalue weighted by Gasteiger charge is 2.25. The first-order chi connectivity index (χ1) is 13.9. The number of thioether (sulfide) groups is 1. The number of carbonyl (C=O) groups is 3. The second-order valence-corrected chi connectivity index (χ2v) is 8.47. The molecular formula is C21H20Cl2N2O3S. The lowest BCUT2D eigenvalue weighted by Gasteiger charge is -2.34. The number of hydrogen-bond donors (Lipinski definition) is 0. The maximum Gasteiger partial charge on any atom is 0.254 e. The van der Waals surface area contributed by atoms with E-state index in [9.17, 15) is 14.4 Å². The van der Waals surface area contributed by atoms with Crippen LogP contribution >= 0.6 is 35.0 Å². The SMILES string of the molecule is O=C(CSCC(=O)N1CCN(C(=O)c2cc(Cl)cc(Cl)c2)CC1)c1ccccc1. The molecule has 1 aliphatic heterocycles. The highest BCUT2D eigenvalue weighted by molar-refractivity contribution is 8.00. The molecule has 0 saturated carbocycles. The molecule has 29 heavy (non-hydrogen) atoms. The number of carbonyl (C=O) groups excluding carboxylic acids is 3. The van der Waals surface area contributed by atoms with Gasteiger partial charge in [-0.25, -0.2) is 0 Å². The van der Waals surface area contributed by atoms with Gasteiger partial charge >= 0.3 is 0 Å². The third kappa shape index (κ3) is 5.98. The molecule has 0 N–H and O–H groups in total. The van der Waals surface area contributed by atoms with Gasteiger partial charge in [0.15, 0.2) is 5.78 Å². The van der Waals surface area contributed by atoms with Crippen molar-refractivity contribution in [2.45, 2.75) is 0 Å². The summed E-state index contributed by atoms with van der Waals surface area (Å²) < 4.78 is 0. The molecule has 1 heterocycles. The molecule has 8 heteroatoms. The lowest BCUT2D eigenvalue weighted by Crippen LogP contribution is -2.51. The van der Waals surface area contributed by atoms with Crippen molar-refractivity contribution in [3.8, 4) is 0 Å².